The van der Waals surface area contributed by atoms with Crippen LogP contribution in [0.1, 0.15) is 11.1 Å². The summed E-state index contributed by atoms with van der Waals surface area (Å²) in [6.07, 6.45) is 0. The van der Waals surface area contributed by atoms with Gasteiger partial charge in [-0.05, 0) is 37.6 Å². The number of aryl methyl sites for hydroxylation is 2. The maximum atomic E-state index is 13.5. The molecule has 0 radical (unpaired) electrons. The van der Waals surface area contributed by atoms with Crippen molar-refractivity contribution in [3.8, 4) is 0 Å². The highest BCUT2D eigenvalue weighted by Crippen LogP contribution is 2.32. The average Bonchev–Trinajstić information content (AvgIpc) is 2.25. The van der Waals surface area contributed by atoms with E-state index < -0.39 is 0 Å². The fourth-order valence-electron chi connectivity index (χ4n) is 1.56. The first-order chi connectivity index (χ1) is 7.66. The van der Waals surface area contributed by atoms with Crippen LogP contribution >= 0.6 is 11.8 Å². The highest BCUT2D eigenvalue weighted by Gasteiger charge is 2.05. The second-order valence-corrected chi connectivity index (χ2v) is 4.89. The molecule has 0 aliphatic rings. The molecule has 0 saturated carbocycles. The molecule has 0 heterocycles. The lowest BCUT2D eigenvalue weighted by molar-refractivity contribution is 0.602. The first kappa shape index (κ1) is 11.2. The van der Waals surface area contributed by atoms with E-state index in [4.69, 9.17) is 0 Å². The van der Waals surface area contributed by atoms with Crippen molar-refractivity contribution in [2.75, 3.05) is 0 Å². The minimum Gasteiger partial charge on any atom is -0.206 e. The maximum absolute atomic E-state index is 13.5. The summed E-state index contributed by atoms with van der Waals surface area (Å²) in [7, 11) is 0. The van der Waals surface area contributed by atoms with Gasteiger partial charge >= 0.3 is 0 Å². The van der Waals surface area contributed by atoms with Crippen LogP contribution in [0, 0.1) is 19.7 Å². The van der Waals surface area contributed by atoms with E-state index in [0.29, 0.717) is 4.90 Å². The summed E-state index contributed by atoms with van der Waals surface area (Å²) in [6, 6.07) is 13.1. The first-order valence-electron chi connectivity index (χ1n) is 5.16. The number of benzene rings is 2. The standard InChI is InChI=1S/C14H13FS/c1-10-7-8-13(11(2)9-10)16-14-6-4-3-5-12(14)15/h3-9H,1-2H3. The molecule has 0 aromatic heterocycles. The van der Waals surface area contributed by atoms with Gasteiger partial charge in [0.2, 0.25) is 0 Å². The summed E-state index contributed by atoms with van der Waals surface area (Å²) in [4.78, 5) is 1.78. The van der Waals surface area contributed by atoms with Gasteiger partial charge in [-0.15, -0.1) is 0 Å². The highest BCUT2D eigenvalue weighted by molar-refractivity contribution is 7.99. The van der Waals surface area contributed by atoms with Crippen LogP contribution in [0.2, 0.25) is 0 Å². The van der Waals surface area contributed by atoms with E-state index in [1.54, 1.807) is 12.1 Å². The second-order valence-electron chi connectivity index (χ2n) is 3.80. The second kappa shape index (κ2) is 4.71. The number of rotatable bonds is 2. The zero-order chi connectivity index (χ0) is 11.5. The van der Waals surface area contributed by atoms with Crippen LogP contribution in [0.25, 0.3) is 0 Å². The van der Waals surface area contributed by atoms with Gasteiger partial charge in [-0.2, -0.15) is 0 Å². The largest absolute Gasteiger partial charge is 0.206 e. The fourth-order valence-corrected chi connectivity index (χ4v) is 2.46. The van der Waals surface area contributed by atoms with Crippen LogP contribution in [0.5, 0.6) is 0 Å². The molecule has 16 heavy (non-hydrogen) atoms. The van der Waals surface area contributed by atoms with Gasteiger partial charge in [-0.1, -0.05) is 41.6 Å². The Morgan fingerprint density at radius 2 is 1.69 bits per heavy atom. The molecular weight excluding hydrogens is 219 g/mol. The average molecular weight is 232 g/mol. The van der Waals surface area contributed by atoms with Gasteiger partial charge in [-0.25, -0.2) is 4.39 Å². The van der Waals surface area contributed by atoms with Gasteiger partial charge in [0.05, 0.1) is 0 Å². The highest BCUT2D eigenvalue weighted by atomic mass is 32.2. The van der Waals surface area contributed by atoms with Crippen molar-refractivity contribution >= 4 is 11.8 Å². The Balaban J connectivity index is 2.31. The van der Waals surface area contributed by atoms with Crippen LogP contribution in [-0.4, -0.2) is 0 Å². The Morgan fingerprint density at radius 3 is 2.38 bits per heavy atom. The monoisotopic (exact) mass is 232 g/mol. The Labute approximate surface area is 99.5 Å². The molecule has 2 heteroatoms. The molecular formula is C14H13FS. The zero-order valence-electron chi connectivity index (χ0n) is 9.33. The van der Waals surface area contributed by atoms with E-state index in [9.17, 15) is 4.39 Å². The van der Waals surface area contributed by atoms with Crippen LogP contribution in [-0.2, 0) is 0 Å². The smallest absolute Gasteiger partial charge is 0.137 e. The lowest BCUT2D eigenvalue weighted by atomic mass is 10.2. The topological polar surface area (TPSA) is 0 Å². The summed E-state index contributed by atoms with van der Waals surface area (Å²) in [5.74, 6) is -0.160. The fraction of sp³-hybridized carbons (Fsp3) is 0.143. The molecule has 0 atom stereocenters. The molecule has 0 aliphatic heterocycles. The maximum Gasteiger partial charge on any atom is 0.137 e. The predicted molar refractivity (Wildman–Crippen MR) is 66.4 cm³/mol. The van der Waals surface area contributed by atoms with Crippen molar-refractivity contribution in [1.29, 1.82) is 0 Å². The summed E-state index contributed by atoms with van der Waals surface area (Å²) in [6.45, 7) is 4.11. The lowest BCUT2D eigenvalue weighted by Crippen LogP contribution is -1.84. The summed E-state index contributed by atoms with van der Waals surface area (Å²) in [5, 5.41) is 0. The molecule has 82 valence electrons. The molecule has 2 aromatic rings. The third-order valence-electron chi connectivity index (χ3n) is 2.39. The number of hydrogen-bond acceptors (Lipinski definition) is 1. The number of hydrogen-bond donors (Lipinski definition) is 0. The van der Waals surface area contributed by atoms with Crippen molar-refractivity contribution in [2.24, 2.45) is 0 Å². The third kappa shape index (κ3) is 2.45. The van der Waals surface area contributed by atoms with Crippen molar-refractivity contribution < 1.29 is 4.39 Å². The molecule has 0 nitrogen and oxygen atoms in total. The minimum absolute atomic E-state index is 0.160. The van der Waals surface area contributed by atoms with E-state index in [1.165, 1.54) is 29.0 Å². The van der Waals surface area contributed by atoms with E-state index in [1.807, 2.05) is 12.1 Å². The Morgan fingerprint density at radius 1 is 0.938 bits per heavy atom. The molecule has 0 bridgehead atoms. The lowest BCUT2D eigenvalue weighted by Gasteiger charge is -2.07. The molecule has 0 spiro atoms. The molecule has 0 aliphatic carbocycles. The third-order valence-corrected chi connectivity index (χ3v) is 3.62. The van der Waals surface area contributed by atoms with E-state index in [0.717, 1.165) is 4.90 Å². The minimum atomic E-state index is -0.160. The van der Waals surface area contributed by atoms with E-state index in [-0.39, 0.29) is 5.82 Å². The quantitative estimate of drug-likeness (QED) is 0.729. The van der Waals surface area contributed by atoms with Gasteiger partial charge < -0.3 is 0 Å². The molecule has 2 aromatic carbocycles. The van der Waals surface area contributed by atoms with Gasteiger partial charge in [0, 0.05) is 9.79 Å². The normalized spacial score (nSPS) is 10.4. The van der Waals surface area contributed by atoms with Crippen molar-refractivity contribution in [3.05, 3.63) is 59.4 Å². The Bertz CT molecular complexity index is 506. The predicted octanol–water partition coefficient (Wildman–Crippen LogP) is 4.59. The van der Waals surface area contributed by atoms with Crippen molar-refractivity contribution in [3.63, 3.8) is 0 Å². The van der Waals surface area contributed by atoms with E-state index in [2.05, 4.69) is 26.0 Å². The molecule has 0 fully saturated rings. The van der Waals surface area contributed by atoms with Crippen LogP contribution in [0.3, 0.4) is 0 Å². The molecule has 0 amide bonds. The Hall–Kier alpha value is -1.28. The van der Waals surface area contributed by atoms with Gasteiger partial charge in [-0.3, -0.25) is 0 Å². The first-order valence-corrected chi connectivity index (χ1v) is 5.98. The SMILES string of the molecule is Cc1ccc(Sc2ccccc2F)c(C)c1. The van der Waals surface area contributed by atoms with Gasteiger partial charge in [0.25, 0.3) is 0 Å². The van der Waals surface area contributed by atoms with Gasteiger partial charge in [0.1, 0.15) is 5.82 Å². The summed E-state index contributed by atoms with van der Waals surface area (Å²) >= 11 is 1.47. The molecule has 0 saturated heterocycles. The Kier molecular flexibility index (Phi) is 3.30. The van der Waals surface area contributed by atoms with E-state index >= 15 is 0 Å². The van der Waals surface area contributed by atoms with Gasteiger partial charge in [0.15, 0.2) is 0 Å². The molecule has 0 unspecified atom stereocenters. The zero-order valence-corrected chi connectivity index (χ0v) is 10.1. The van der Waals surface area contributed by atoms with Crippen LogP contribution in [0.15, 0.2) is 52.3 Å². The van der Waals surface area contributed by atoms with Crippen molar-refractivity contribution in [1.82, 2.24) is 0 Å². The number of halogens is 1. The molecule has 2 rings (SSSR count). The van der Waals surface area contributed by atoms with Crippen LogP contribution < -0.4 is 0 Å². The summed E-state index contributed by atoms with van der Waals surface area (Å²) in [5.41, 5.74) is 2.42. The van der Waals surface area contributed by atoms with Crippen LogP contribution in [0.4, 0.5) is 4.39 Å². The summed E-state index contributed by atoms with van der Waals surface area (Å²) < 4.78 is 13.5. The molecule has 0 N–H and O–H groups in total. The van der Waals surface area contributed by atoms with Crippen molar-refractivity contribution in [2.45, 2.75) is 23.6 Å².